The zero-order chi connectivity index (χ0) is 32.5. The summed E-state index contributed by atoms with van der Waals surface area (Å²) in [4.78, 5) is 10.1. The maximum Gasteiger partial charge on any atom is 0.160 e. The van der Waals surface area contributed by atoms with Gasteiger partial charge in [-0.3, -0.25) is 0 Å². The van der Waals surface area contributed by atoms with Crippen molar-refractivity contribution in [3.8, 4) is 51.1 Å². The van der Waals surface area contributed by atoms with Gasteiger partial charge in [0.15, 0.2) is 5.82 Å². The summed E-state index contributed by atoms with van der Waals surface area (Å²) in [6.07, 6.45) is 0. The normalized spacial score (nSPS) is 14.4. The lowest BCUT2D eigenvalue weighted by atomic mass is 9.55. The smallest absolute Gasteiger partial charge is 0.160 e. The van der Waals surface area contributed by atoms with Crippen LogP contribution in [0.1, 0.15) is 52.8 Å². The zero-order valence-corrected chi connectivity index (χ0v) is 26.8. The number of benzene rings is 6. The van der Waals surface area contributed by atoms with E-state index in [2.05, 4.69) is 129 Å². The Morgan fingerprint density at radius 2 is 0.979 bits per heavy atom. The molecule has 6 aromatic carbocycles. The molecule has 0 saturated carbocycles. The molecule has 3 nitrogen and oxygen atoms in total. The van der Waals surface area contributed by atoms with Crippen molar-refractivity contribution in [2.45, 2.75) is 24.7 Å². The van der Waals surface area contributed by atoms with Gasteiger partial charge in [0, 0.05) is 22.1 Å². The van der Waals surface area contributed by atoms with Crippen LogP contribution in [0.25, 0.3) is 45.0 Å². The zero-order valence-electron chi connectivity index (χ0n) is 26.8. The summed E-state index contributed by atoms with van der Waals surface area (Å²) in [6, 6.07) is 55.9. The van der Waals surface area contributed by atoms with Crippen molar-refractivity contribution in [3.63, 3.8) is 0 Å². The summed E-state index contributed by atoms with van der Waals surface area (Å²) in [6.45, 7) is 4.71. The molecule has 1 aromatic heterocycles. The molecule has 0 atom stereocenters. The maximum atomic E-state index is 9.38. The summed E-state index contributed by atoms with van der Waals surface area (Å²) < 4.78 is 0. The number of fused-ring (bicyclic) bond motifs is 9. The molecule has 48 heavy (non-hydrogen) atoms. The van der Waals surface area contributed by atoms with Gasteiger partial charge in [-0.05, 0) is 80.9 Å². The van der Waals surface area contributed by atoms with E-state index in [0.717, 1.165) is 28.1 Å². The molecule has 0 N–H and O–H groups in total. The van der Waals surface area contributed by atoms with Crippen molar-refractivity contribution in [1.82, 2.24) is 9.97 Å². The Morgan fingerprint density at radius 3 is 1.62 bits per heavy atom. The first kappa shape index (κ1) is 28.1. The van der Waals surface area contributed by atoms with Crippen molar-refractivity contribution in [2.75, 3.05) is 0 Å². The Bertz CT molecular complexity index is 2380. The van der Waals surface area contributed by atoms with Gasteiger partial charge in [0.2, 0.25) is 0 Å². The van der Waals surface area contributed by atoms with Crippen LogP contribution in [0.4, 0.5) is 0 Å². The Labute approximate surface area is 280 Å². The van der Waals surface area contributed by atoms with Crippen LogP contribution in [-0.2, 0) is 10.8 Å². The molecule has 9 rings (SSSR count). The lowest BCUT2D eigenvalue weighted by Crippen LogP contribution is -2.40. The van der Waals surface area contributed by atoms with Crippen LogP contribution in [0.2, 0.25) is 0 Å². The highest BCUT2D eigenvalue weighted by molar-refractivity contribution is 5.90. The lowest BCUT2D eigenvalue weighted by molar-refractivity contribution is 0.563. The van der Waals surface area contributed by atoms with Gasteiger partial charge in [-0.25, -0.2) is 9.97 Å². The minimum Gasteiger partial charge on any atom is -0.228 e. The molecular weight excluding hydrogens is 583 g/mol. The third-order valence-corrected chi connectivity index (χ3v) is 10.4. The molecule has 0 bridgehead atoms. The van der Waals surface area contributed by atoms with Gasteiger partial charge >= 0.3 is 0 Å². The molecule has 0 aliphatic heterocycles. The van der Waals surface area contributed by atoms with E-state index < -0.39 is 5.41 Å². The van der Waals surface area contributed by atoms with E-state index in [1.54, 1.807) is 0 Å². The molecule has 1 spiro atoms. The number of nitrogens with zero attached hydrogens (tertiary/aromatic N) is 3. The standard InChI is InChI=1S/C45H31N3/c1-44(2)37-16-8-10-18-39(37)45(40-19-11-9-17-38(40)44)35-15-7-6-14-33(35)34-26-32(24-25-36(34)45)42-27-41(30-12-4-3-5-13-30)47-43(48-42)31-22-20-29(28-46)21-23-31/h3-27H,1-2H3. The molecule has 3 heteroatoms. The highest BCUT2D eigenvalue weighted by atomic mass is 14.9. The second kappa shape index (κ2) is 10.5. The molecule has 226 valence electrons. The number of hydrogen-bond acceptors (Lipinski definition) is 3. The van der Waals surface area contributed by atoms with Crippen LogP contribution >= 0.6 is 0 Å². The van der Waals surface area contributed by atoms with Gasteiger partial charge in [-0.1, -0.05) is 129 Å². The van der Waals surface area contributed by atoms with Gasteiger partial charge in [-0.15, -0.1) is 0 Å². The minimum atomic E-state index is -0.429. The summed E-state index contributed by atoms with van der Waals surface area (Å²) in [5.74, 6) is 0.630. The van der Waals surface area contributed by atoms with Crippen LogP contribution in [0.15, 0.2) is 152 Å². The number of hydrogen-bond donors (Lipinski definition) is 0. The van der Waals surface area contributed by atoms with E-state index >= 15 is 0 Å². The molecular formula is C45H31N3. The SMILES string of the molecule is CC1(C)c2ccccc2C2(c3ccccc3-c3cc(-c4cc(-c5ccccc5)nc(-c5ccc(C#N)cc5)n4)ccc32)c2ccccc21. The average molecular weight is 614 g/mol. The quantitative estimate of drug-likeness (QED) is 0.199. The van der Waals surface area contributed by atoms with Crippen molar-refractivity contribution < 1.29 is 0 Å². The van der Waals surface area contributed by atoms with E-state index in [1.807, 2.05) is 42.5 Å². The van der Waals surface area contributed by atoms with Gasteiger partial charge in [0.1, 0.15) is 0 Å². The highest BCUT2D eigenvalue weighted by Crippen LogP contribution is 2.62. The van der Waals surface area contributed by atoms with Crippen LogP contribution in [0.3, 0.4) is 0 Å². The topological polar surface area (TPSA) is 49.6 Å². The van der Waals surface area contributed by atoms with E-state index in [4.69, 9.17) is 9.97 Å². The van der Waals surface area contributed by atoms with Crippen LogP contribution in [-0.4, -0.2) is 9.97 Å². The van der Waals surface area contributed by atoms with Crippen LogP contribution in [0.5, 0.6) is 0 Å². The Hall–Kier alpha value is -6.11. The van der Waals surface area contributed by atoms with E-state index in [-0.39, 0.29) is 5.41 Å². The lowest BCUT2D eigenvalue weighted by Gasteiger charge is -2.46. The molecule has 2 aliphatic carbocycles. The van der Waals surface area contributed by atoms with E-state index in [0.29, 0.717) is 11.4 Å². The Morgan fingerprint density at radius 1 is 0.458 bits per heavy atom. The second-order valence-corrected chi connectivity index (χ2v) is 13.3. The molecule has 0 saturated heterocycles. The van der Waals surface area contributed by atoms with Crippen molar-refractivity contribution in [1.29, 1.82) is 5.26 Å². The number of aromatic nitrogens is 2. The highest BCUT2D eigenvalue weighted by Gasteiger charge is 2.53. The first-order valence-corrected chi connectivity index (χ1v) is 16.4. The minimum absolute atomic E-state index is 0.132. The van der Waals surface area contributed by atoms with Gasteiger partial charge in [0.25, 0.3) is 0 Å². The van der Waals surface area contributed by atoms with Crippen molar-refractivity contribution >= 4 is 0 Å². The fourth-order valence-electron chi connectivity index (χ4n) is 8.20. The monoisotopic (exact) mass is 613 g/mol. The van der Waals surface area contributed by atoms with Gasteiger partial charge < -0.3 is 0 Å². The molecule has 0 amide bonds. The first-order valence-electron chi connectivity index (χ1n) is 16.4. The molecule has 0 unspecified atom stereocenters. The van der Waals surface area contributed by atoms with Crippen LogP contribution < -0.4 is 0 Å². The average Bonchev–Trinajstić information content (AvgIpc) is 3.44. The second-order valence-electron chi connectivity index (χ2n) is 13.3. The summed E-state index contributed by atoms with van der Waals surface area (Å²) in [7, 11) is 0. The van der Waals surface area contributed by atoms with Gasteiger partial charge in [-0.2, -0.15) is 5.26 Å². The third-order valence-electron chi connectivity index (χ3n) is 10.4. The Kier molecular flexibility index (Phi) is 6.13. The van der Waals surface area contributed by atoms with Gasteiger partial charge in [0.05, 0.1) is 28.4 Å². The fraction of sp³-hybridized carbons (Fsp3) is 0.0889. The largest absolute Gasteiger partial charge is 0.228 e. The Balaban J connectivity index is 1.30. The molecule has 7 aromatic rings. The molecule has 0 fully saturated rings. The number of rotatable bonds is 3. The predicted molar refractivity (Wildman–Crippen MR) is 192 cm³/mol. The number of nitriles is 1. The summed E-state index contributed by atoms with van der Waals surface area (Å²) >= 11 is 0. The molecule has 2 aliphatic rings. The van der Waals surface area contributed by atoms with E-state index in [1.165, 1.54) is 44.5 Å². The molecule has 0 radical (unpaired) electrons. The predicted octanol–water partition coefficient (Wildman–Crippen LogP) is 10.4. The fourth-order valence-corrected chi connectivity index (χ4v) is 8.20. The van der Waals surface area contributed by atoms with E-state index in [9.17, 15) is 5.26 Å². The van der Waals surface area contributed by atoms with Crippen molar-refractivity contribution in [3.05, 3.63) is 191 Å². The molecule has 1 heterocycles. The van der Waals surface area contributed by atoms with Crippen LogP contribution in [0, 0.1) is 11.3 Å². The summed E-state index contributed by atoms with van der Waals surface area (Å²) in [5.41, 5.74) is 15.2. The van der Waals surface area contributed by atoms with Crippen molar-refractivity contribution in [2.24, 2.45) is 0 Å². The summed E-state index contributed by atoms with van der Waals surface area (Å²) in [5, 5.41) is 9.38. The maximum absolute atomic E-state index is 9.38. The third kappa shape index (κ3) is 3.93. The first-order chi connectivity index (χ1) is 23.5.